The van der Waals surface area contributed by atoms with Gasteiger partial charge in [0.25, 0.3) is 11.8 Å². The first-order valence-corrected chi connectivity index (χ1v) is 14.9. The van der Waals surface area contributed by atoms with Crippen molar-refractivity contribution >= 4 is 35.2 Å². The lowest BCUT2D eigenvalue weighted by molar-refractivity contribution is -0.123. The van der Waals surface area contributed by atoms with Gasteiger partial charge in [-0.25, -0.2) is 13.9 Å². The molecule has 0 bridgehead atoms. The summed E-state index contributed by atoms with van der Waals surface area (Å²) < 4.78 is 15.8. The summed E-state index contributed by atoms with van der Waals surface area (Å²) in [6.07, 6.45) is 3.18. The fraction of sp³-hybridized carbons (Fsp3) is 0.147. The number of pyridine rings is 1. The molecule has 0 spiro atoms. The van der Waals surface area contributed by atoms with E-state index in [1.165, 1.54) is 42.4 Å². The Morgan fingerprint density at radius 1 is 1.00 bits per heavy atom. The highest BCUT2D eigenvalue weighted by Gasteiger charge is 2.38. The van der Waals surface area contributed by atoms with Gasteiger partial charge in [0.05, 0.1) is 16.8 Å². The third-order valence-corrected chi connectivity index (χ3v) is 8.28. The third kappa shape index (κ3) is 6.10. The van der Waals surface area contributed by atoms with Crippen molar-refractivity contribution in [3.05, 3.63) is 130 Å². The Hall–Kier alpha value is -5.75. The average molecular weight is 653 g/mol. The van der Waals surface area contributed by atoms with Crippen LogP contribution >= 0.6 is 11.6 Å². The summed E-state index contributed by atoms with van der Waals surface area (Å²) in [4.78, 5) is 57.2. The second-order valence-corrected chi connectivity index (χ2v) is 11.2. The predicted molar refractivity (Wildman–Crippen MR) is 169 cm³/mol. The van der Waals surface area contributed by atoms with Gasteiger partial charge < -0.3 is 15.3 Å². The first-order chi connectivity index (χ1) is 22.7. The number of nitrogens with zero attached hydrogens (tertiary/aromatic N) is 5. The highest BCUT2D eigenvalue weighted by atomic mass is 35.5. The molecule has 236 valence electrons. The number of carboxylic acids is 1. The second-order valence-electron chi connectivity index (χ2n) is 10.8. The Balaban J connectivity index is 1.38. The maximum atomic E-state index is 14.7. The first kappa shape index (κ1) is 31.2. The molecule has 2 amide bonds. The normalized spacial score (nSPS) is 13.9. The molecule has 0 saturated carbocycles. The van der Waals surface area contributed by atoms with E-state index in [0.717, 1.165) is 21.4 Å². The molecule has 0 aliphatic carbocycles. The Morgan fingerprint density at radius 3 is 2.47 bits per heavy atom. The number of rotatable bonds is 8. The number of nitrogens with one attached hydrogen (secondary N) is 1. The number of hydrogen-bond donors (Lipinski definition) is 2. The average Bonchev–Trinajstić information content (AvgIpc) is 3.58. The molecule has 0 radical (unpaired) electrons. The van der Waals surface area contributed by atoms with Crippen LogP contribution in [0.3, 0.4) is 0 Å². The Kier molecular flexibility index (Phi) is 8.59. The second kappa shape index (κ2) is 12.9. The lowest BCUT2D eigenvalue weighted by atomic mass is 9.84. The molecule has 2 aromatic heterocycles. The third-order valence-electron chi connectivity index (χ3n) is 7.99. The van der Waals surface area contributed by atoms with E-state index in [-0.39, 0.29) is 52.3 Å². The highest BCUT2D eigenvalue weighted by molar-refractivity contribution is 6.30. The van der Waals surface area contributed by atoms with Crippen LogP contribution in [0.25, 0.3) is 16.8 Å². The van der Waals surface area contributed by atoms with Crippen molar-refractivity contribution in [1.82, 2.24) is 30.2 Å². The van der Waals surface area contributed by atoms with Gasteiger partial charge in [-0.1, -0.05) is 59.3 Å². The summed E-state index contributed by atoms with van der Waals surface area (Å²) in [5, 5.41) is 19.6. The lowest BCUT2D eigenvalue weighted by Gasteiger charge is -2.37. The van der Waals surface area contributed by atoms with Gasteiger partial charge in [0.2, 0.25) is 0 Å². The van der Waals surface area contributed by atoms with Crippen LogP contribution in [0.1, 0.15) is 54.1 Å². The van der Waals surface area contributed by atoms with Crippen LogP contribution in [0.15, 0.2) is 85.2 Å². The molecule has 5 aromatic rings. The van der Waals surface area contributed by atoms with Gasteiger partial charge in [0.15, 0.2) is 17.3 Å². The Morgan fingerprint density at radius 2 is 1.77 bits per heavy atom. The van der Waals surface area contributed by atoms with Crippen LogP contribution in [0.2, 0.25) is 5.02 Å². The fourth-order valence-electron chi connectivity index (χ4n) is 5.68. The zero-order valence-electron chi connectivity index (χ0n) is 24.9. The molecule has 1 aliphatic rings. The fourth-order valence-corrected chi connectivity index (χ4v) is 5.85. The molecule has 0 fully saturated rings. The summed E-state index contributed by atoms with van der Waals surface area (Å²) in [6, 6.07) is 18.2. The van der Waals surface area contributed by atoms with Crippen LogP contribution in [0.5, 0.6) is 0 Å². The molecule has 3 heterocycles. The van der Waals surface area contributed by atoms with Crippen molar-refractivity contribution in [1.29, 1.82) is 0 Å². The SMILES string of the molecule is CNC(=O)c1ccc(-c2cccc3c2CCN(C(=O)c2cn(-c4cccc(Cl)c4F)nn2)C3C(=O)Cc2ccc(C(=O)O)cc2)cn1. The van der Waals surface area contributed by atoms with E-state index in [9.17, 15) is 28.7 Å². The van der Waals surface area contributed by atoms with E-state index in [1.54, 1.807) is 48.7 Å². The minimum absolute atomic E-state index is 0.00571. The molecule has 0 saturated heterocycles. The smallest absolute Gasteiger partial charge is 0.335 e. The van der Waals surface area contributed by atoms with Crippen LogP contribution < -0.4 is 5.32 Å². The Bertz CT molecular complexity index is 2030. The summed E-state index contributed by atoms with van der Waals surface area (Å²) in [7, 11) is 1.52. The number of hydrogen-bond acceptors (Lipinski definition) is 7. The molecule has 2 N–H and O–H groups in total. The maximum Gasteiger partial charge on any atom is 0.335 e. The first-order valence-electron chi connectivity index (χ1n) is 14.5. The van der Waals surface area contributed by atoms with Crippen molar-refractivity contribution in [3.63, 3.8) is 0 Å². The topological polar surface area (TPSA) is 147 Å². The maximum absolute atomic E-state index is 14.7. The number of benzene rings is 3. The molecule has 3 aromatic carbocycles. The van der Waals surface area contributed by atoms with Crippen LogP contribution in [-0.4, -0.2) is 67.1 Å². The number of amides is 2. The van der Waals surface area contributed by atoms with Gasteiger partial charge in [-0.15, -0.1) is 5.10 Å². The summed E-state index contributed by atoms with van der Waals surface area (Å²) in [6.45, 7) is 0.152. The van der Waals surface area contributed by atoms with E-state index in [0.29, 0.717) is 17.5 Å². The van der Waals surface area contributed by atoms with Gasteiger partial charge in [-0.3, -0.25) is 19.4 Å². The quantitative estimate of drug-likeness (QED) is 0.245. The van der Waals surface area contributed by atoms with Crippen molar-refractivity contribution in [3.8, 4) is 16.8 Å². The Labute approximate surface area is 272 Å². The molecule has 13 heteroatoms. The molecular weight excluding hydrogens is 627 g/mol. The van der Waals surface area contributed by atoms with Gasteiger partial charge in [-0.2, -0.15) is 0 Å². The van der Waals surface area contributed by atoms with Gasteiger partial charge >= 0.3 is 5.97 Å². The van der Waals surface area contributed by atoms with E-state index >= 15 is 0 Å². The number of aromatic nitrogens is 4. The molecule has 47 heavy (non-hydrogen) atoms. The molecular formula is C34H26ClFN6O5. The molecule has 1 atom stereocenters. The molecule has 1 unspecified atom stereocenters. The van der Waals surface area contributed by atoms with Crippen molar-refractivity contribution in [2.75, 3.05) is 13.6 Å². The van der Waals surface area contributed by atoms with Crippen molar-refractivity contribution < 1.29 is 28.7 Å². The number of carbonyl (C=O) groups is 4. The monoisotopic (exact) mass is 652 g/mol. The largest absolute Gasteiger partial charge is 0.478 e. The summed E-state index contributed by atoms with van der Waals surface area (Å²) >= 11 is 5.93. The van der Waals surface area contributed by atoms with Gasteiger partial charge in [0, 0.05) is 31.8 Å². The standard InChI is InChI=1S/C34H26ClFN6O5/c1-37-32(44)26-13-12-21(17-38-26)22-4-2-5-24-23(22)14-15-41(31(24)29(43)16-19-8-10-20(11-9-19)34(46)47)33(45)27-18-42(40-39-27)28-7-3-6-25(35)30(28)36/h2-13,17-18,31H,14-16H2,1H3,(H,37,44)(H,46,47). The summed E-state index contributed by atoms with van der Waals surface area (Å²) in [5.41, 5.74) is 3.81. The number of fused-ring (bicyclic) bond motifs is 1. The molecule has 6 rings (SSSR count). The van der Waals surface area contributed by atoms with Gasteiger partial charge in [0.1, 0.15) is 17.4 Å². The zero-order valence-corrected chi connectivity index (χ0v) is 25.6. The number of halogens is 2. The minimum atomic E-state index is -1.09. The minimum Gasteiger partial charge on any atom is -0.478 e. The van der Waals surface area contributed by atoms with Crippen molar-refractivity contribution in [2.24, 2.45) is 0 Å². The van der Waals surface area contributed by atoms with Crippen LogP contribution in [0, 0.1) is 5.82 Å². The van der Waals surface area contributed by atoms with E-state index < -0.39 is 23.7 Å². The number of carbonyl (C=O) groups excluding carboxylic acids is 3. The van der Waals surface area contributed by atoms with Crippen LogP contribution in [0.4, 0.5) is 4.39 Å². The number of aromatic carboxylic acids is 1. The molecule has 11 nitrogen and oxygen atoms in total. The van der Waals surface area contributed by atoms with Crippen LogP contribution in [-0.2, 0) is 17.6 Å². The lowest BCUT2D eigenvalue weighted by Crippen LogP contribution is -2.44. The number of ketones is 1. The number of carboxylic acid groups (broad SMARTS) is 1. The summed E-state index contributed by atoms with van der Waals surface area (Å²) in [5.74, 6) is -3.01. The predicted octanol–water partition coefficient (Wildman–Crippen LogP) is 4.73. The van der Waals surface area contributed by atoms with E-state index in [2.05, 4.69) is 20.6 Å². The highest BCUT2D eigenvalue weighted by Crippen LogP contribution is 2.38. The van der Waals surface area contributed by atoms with E-state index in [4.69, 9.17) is 11.6 Å². The number of Topliss-reactive ketones (excluding diaryl/α,β-unsaturated/α-hetero) is 1. The van der Waals surface area contributed by atoms with Crippen molar-refractivity contribution in [2.45, 2.75) is 18.9 Å². The van der Waals surface area contributed by atoms with Gasteiger partial charge in [-0.05, 0) is 59.0 Å². The van der Waals surface area contributed by atoms with E-state index in [1.807, 2.05) is 6.07 Å². The zero-order chi connectivity index (χ0) is 33.2. The molecule has 1 aliphatic heterocycles.